The smallest absolute Gasteiger partial charge is 0.373 e. The molecule has 0 aromatic carbocycles. The van der Waals surface area contributed by atoms with Gasteiger partial charge in [0.05, 0.1) is 32.5 Å². The van der Waals surface area contributed by atoms with Gasteiger partial charge in [0, 0.05) is 0 Å². The molecule has 0 saturated carbocycles. The van der Waals surface area contributed by atoms with Gasteiger partial charge in [0.1, 0.15) is 19.3 Å². The van der Waals surface area contributed by atoms with Crippen LogP contribution in [0, 0.1) is 0 Å². The highest BCUT2D eigenvalue weighted by atomic mass is 19.4. The molecular weight excluding hydrogens is 590 g/mol. The third-order valence-electron chi connectivity index (χ3n) is 5.67. The van der Waals surface area contributed by atoms with E-state index in [0.29, 0.717) is 0 Å². The Balaban J connectivity index is 2.13. The third kappa shape index (κ3) is 6.34. The Morgan fingerprint density at radius 3 is 1.62 bits per heavy atom. The summed E-state index contributed by atoms with van der Waals surface area (Å²) in [4.78, 5) is 0. The van der Waals surface area contributed by atoms with Crippen LogP contribution in [0.4, 0.5) is 61.5 Å². The lowest BCUT2D eigenvalue weighted by Crippen LogP contribution is -2.73. The van der Waals surface area contributed by atoms with Crippen molar-refractivity contribution < 1.29 is 89.9 Å². The fraction of sp³-hybridized carbons (Fsp3) is 1.00. The maximum atomic E-state index is 14.9. The van der Waals surface area contributed by atoms with Gasteiger partial charge in [-0.15, -0.1) is 0 Å². The van der Waals surface area contributed by atoms with Gasteiger partial charge in [-0.25, -0.2) is 8.78 Å². The van der Waals surface area contributed by atoms with Gasteiger partial charge in [-0.1, -0.05) is 0 Å². The van der Waals surface area contributed by atoms with E-state index in [9.17, 15) is 61.5 Å². The van der Waals surface area contributed by atoms with E-state index in [4.69, 9.17) is 4.74 Å². The molecule has 4 unspecified atom stereocenters. The average molecular weight is 612 g/mol. The largest absolute Gasteiger partial charge is 0.437 e. The predicted octanol–water partition coefficient (Wildman–Crippen LogP) is 5.34. The molecule has 2 aliphatic heterocycles. The highest BCUT2D eigenvalue weighted by molar-refractivity contribution is 5.08. The lowest BCUT2D eigenvalue weighted by Gasteiger charge is -2.48. The summed E-state index contributed by atoms with van der Waals surface area (Å²) in [5.74, 6) is -6.55. The van der Waals surface area contributed by atoms with Crippen LogP contribution in [0.3, 0.4) is 0 Å². The van der Waals surface area contributed by atoms with Crippen LogP contribution in [-0.2, 0) is 28.4 Å². The van der Waals surface area contributed by atoms with Gasteiger partial charge < -0.3 is 28.4 Å². The molecule has 2 rings (SSSR count). The third-order valence-corrected chi connectivity index (χ3v) is 5.67. The summed E-state index contributed by atoms with van der Waals surface area (Å²) >= 11 is 0. The average Bonchev–Trinajstić information content (AvgIpc) is 2.74. The second-order valence-electron chi connectivity index (χ2n) is 8.86. The first-order chi connectivity index (χ1) is 17.4. The van der Waals surface area contributed by atoms with E-state index >= 15 is 0 Å². The monoisotopic (exact) mass is 612 g/mol. The molecule has 2 fully saturated rings. The van der Waals surface area contributed by atoms with E-state index < -0.39 is 106 Å². The number of ether oxygens (including phenoxy) is 6. The second-order valence-corrected chi connectivity index (χ2v) is 8.86. The molecule has 2 heterocycles. The molecule has 0 spiro atoms. The van der Waals surface area contributed by atoms with Crippen LogP contribution in [0.25, 0.3) is 0 Å². The van der Waals surface area contributed by atoms with Gasteiger partial charge >= 0.3 is 36.0 Å². The summed E-state index contributed by atoms with van der Waals surface area (Å²) in [6.45, 7) is -4.83. The van der Waals surface area contributed by atoms with Crippen LogP contribution < -0.4 is 0 Å². The molecule has 0 aliphatic carbocycles. The molecule has 0 amide bonds. The van der Waals surface area contributed by atoms with Gasteiger partial charge in [-0.3, -0.25) is 0 Å². The van der Waals surface area contributed by atoms with Crippen molar-refractivity contribution in [3.63, 3.8) is 0 Å². The molecule has 0 aromatic rings. The lowest BCUT2D eigenvalue weighted by atomic mass is 9.92. The van der Waals surface area contributed by atoms with Crippen molar-refractivity contribution in [3.05, 3.63) is 0 Å². The SMILES string of the molecule is CC1COCC(OCCCOC2(C)COCC(C(F)(C(F)(F)F)C(F)(F)F)O2)(C(F)(C(F)(F)F)C(F)(F)F)O1. The molecule has 232 valence electrons. The molecule has 0 bridgehead atoms. The van der Waals surface area contributed by atoms with E-state index in [1.54, 1.807) is 0 Å². The van der Waals surface area contributed by atoms with Crippen molar-refractivity contribution in [1.82, 2.24) is 0 Å². The molecule has 2 saturated heterocycles. The minimum Gasteiger partial charge on any atom is -0.373 e. The lowest BCUT2D eigenvalue weighted by molar-refractivity contribution is -0.464. The first-order valence-electron chi connectivity index (χ1n) is 10.8. The topological polar surface area (TPSA) is 55.4 Å². The zero-order valence-corrected chi connectivity index (χ0v) is 19.8. The Kier molecular flexibility index (Phi) is 9.48. The highest BCUT2D eigenvalue weighted by Crippen LogP contribution is 2.55. The molecule has 39 heavy (non-hydrogen) atoms. The molecular formula is C19H22F14O6. The Labute approximate surface area is 210 Å². The van der Waals surface area contributed by atoms with E-state index in [1.165, 1.54) is 0 Å². The van der Waals surface area contributed by atoms with Crippen molar-refractivity contribution in [2.45, 2.75) is 80.1 Å². The van der Waals surface area contributed by atoms with Crippen LogP contribution in [0.2, 0.25) is 0 Å². The van der Waals surface area contributed by atoms with E-state index in [-0.39, 0.29) is 0 Å². The zero-order chi connectivity index (χ0) is 30.3. The first-order valence-corrected chi connectivity index (χ1v) is 10.8. The number of hydrogen-bond acceptors (Lipinski definition) is 6. The Morgan fingerprint density at radius 2 is 1.15 bits per heavy atom. The van der Waals surface area contributed by atoms with Crippen molar-refractivity contribution >= 4 is 0 Å². The minimum absolute atomic E-state index is 0.511. The van der Waals surface area contributed by atoms with Crippen molar-refractivity contribution in [2.75, 3.05) is 39.6 Å². The van der Waals surface area contributed by atoms with Gasteiger partial charge in [0.2, 0.25) is 5.79 Å². The fourth-order valence-corrected chi connectivity index (χ4v) is 3.80. The van der Waals surface area contributed by atoms with Crippen LogP contribution in [0.15, 0.2) is 0 Å². The van der Waals surface area contributed by atoms with Gasteiger partial charge in [-0.2, -0.15) is 52.7 Å². The Morgan fingerprint density at radius 1 is 0.667 bits per heavy atom. The summed E-state index contributed by atoms with van der Waals surface area (Å²) in [5.41, 5.74) is -12.0. The highest BCUT2D eigenvalue weighted by Gasteiger charge is 2.84. The Hall–Kier alpha value is -1.22. The van der Waals surface area contributed by atoms with Crippen LogP contribution in [0.5, 0.6) is 0 Å². The molecule has 0 N–H and O–H groups in total. The van der Waals surface area contributed by atoms with Crippen molar-refractivity contribution in [2.24, 2.45) is 0 Å². The molecule has 0 aromatic heterocycles. The molecule has 20 heteroatoms. The summed E-state index contributed by atoms with van der Waals surface area (Å²) in [7, 11) is 0. The molecule has 0 radical (unpaired) electrons. The summed E-state index contributed by atoms with van der Waals surface area (Å²) in [6, 6.07) is 0. The standard InChI is InChI=1S/C19H22F14O6/c1-10-6-34-9-13(38-10,15(21,18(28,29)30)19(31,32)33)37-5-3-4-36-12(2)8-35-7-11(39-12)14(20,16(22,23)24)17(25,26)27/h10-11H,3-9H2,1-2H3. The van der Waals surface area contributed by atoms with E-state index in [0.717, 1.165) is 13.8 Å². The fourth-order valence-electron chi connectivity index (χ4n) is 3.80. The first kappa shape index (κ1) is 34.0. The molecule has 6 nitrogen and oxygen atoms in total. The number of hydrogen-bond donors (Lipinski definition) is 0. The maximum absolute atomic E-state index is 14.9. The Bertz CT molecular complexity index is 799. The van der Waals surface area contributed by atoms with Gasteiger partial charge in [0.25, 0.3) is 0 Å². The number of halogens is 14. The summed E-state index contributed by atoms with van der Waals surface area (Å²) in [5, 5.41) is 0. The van der Waals surface area contributed by atoms with E-state index in [1.807, 2.05) is 0 Å². The van der Waals surface area contributed by atoms with Crippen LogP contribution in [0.1, 0.15) is 20.3 Å². The normalized spacial score (nSPS) is 30.5. The van der Waals surface area contributed by atoms with Crippen LogP contribution >= 0.6 is 0 Å². The summed E-state index contributed by atoms with van der Waals surface area (Å²) in [6.07, 6.45) is -31.7. The quantitative estimate of drug-likeness (QED) is 0.273. The van der Waals surface area contributed by atoms with Gasteiger partial charge in [0.15, 0.2) is 5.79 Å². The van der Waals surface area contributed by atoms with Crippen LogP contribution in [-0.4, -0.2) is 99.5 Å². The van der Waals surface area contributed by atoms with Crippen molar-refractivity contribution in [1.29, 1.82) is 0 Å². The number of rotatable bonds is 8. The maximum Gasteiger partial charge on any atom is 0.437 e. The molecule has 2 aliphatic rings. The minimum atomic E-state index is -6.60. The summed E-state index contributed by atoms with van der Waals surface area (Å²) < 4.78 is 215. The molecule has 4 atom stereocenters. The zero-order valence-electron chi connectivity index (χ0n) is 19.8. The van der Waals surface area contributed by atoms with Gasteiger partial charge in [-0.05, 0) is 20.3 Å². The van der Waals surface area contributed by atoms with E-state index in [2.05, 4.69) is 23.7 Å². The predicted molar refractivity (Wildman–Crippen MR) is 96.6 cm³/mol. The van der Waals surface area contributed by atoms with Crippen molar-refractivity contribution in [3.8, 4) is 0 Å². The second kappa shape index (κ2) is 10.9. The number of alkyl halides is 14.